The summed E-state index contributed by atoms with van der Waals surface area (Å²) >= 11 is 0. The average molecular weight is 328 g/mol. The first-order chi connectivity index (χ1) is 10.7. The van der Waals surface area contributed by atoms with E-state index in [0.717, 1.165) is 11.0 Å². The maximum Gasteiger partial charge on any atom is 0.330 e. The van der Waals surface area contributed by atoms with E-state index in [-0.39, 0.29) is 12.7 Å². The van der Waals surface area contributed by atoms with Crippen LogP contribution in [0.2, 0.25) is 0 Å². The Morgan fingerprint density at radius 1 is 1.43 bits per heavy atom. The van der Waals surface area contributed by atoms with Crippen LogP contribution >= 0.6 is 0 Å². The summed E-state index contributed by atoms with van der Waals surface area (Å²) in [6, 6.07) is 0. The Hall–Kier alpha value is -1.48. The Balaban J connectivity index is 2.08. The van der Waals surface area contributed by atoms with Gasteiger partial charge in [-0.1, -0.05) is 0 Å². The van der Waals surface area contributed by atoms with Crippen LogP contribution in [0.15, 0.2) is 15.8 Å². The van der Waals surface area contributed by atoms with Gasteiger partial charge in [0, 0.05) is 18.2 Å². The van der Waals surface area contributed by atoms with Crippen molar-refractivity contribution in [1.82, 2.24) is 9.55 Å². The van der Waals surface area contributed by atoms with Crippen molar-refractivity contribution < 1.29 is 19.1 Å². The minimum atomic E-state index is -0.552. The standard InChI is InChI=1S/C15H25N3O5/c1-10-8-17(15(21)16-14(10)20)13-7-11(12(9-19)23-13)22-6-5-18(2,3)4/h8,11-13,19H,5-7,9H2,1-4H3/p+1/t11-,12+,13+/m0/s1. The van der Waals surface area contributed by atoms with Gasteiger partial charge in [-0.25, -0.2) is 4.79 Å². The lowest BCUT2D eigenvalue weighted by Gasteiger charge is -2.25. The van der Waals surface area contributed by atoms with Gasteiger partial charge in [-0.2, -0.15) is 0 Å². The first-order valence-electron chi connectivity index (χ1n) is 7.71. The number of ether oxygens (including phenoxy) is 2. The molecule has 1 aliphatic rings. The van der Waals surface area contributed by atoms with Crippen LogP contribution < -0.4 is 11.2 Å². The molecule has 1 fully saturated rings. The average Bonchev–Trinajstić information content (AvgIpc) is 2.84. The van der Waals surface area contributed by atoms with Crippen molar-refractivity contribution in [3.05, 3.63) is 32.6 Å². The monoisotopic (exact) mass is 328 g/mol. The molecule has 0 saturated carbocycles. The van der Waals surface area contributed by atoms with Gasteiger partial charge in [-0.15, -0.1) is 0 Å². The van der Waals surface area contributed by atoms with Gasteiger partial charge in [0.1, 0.15) is 18.9 Å². The molecule has 1 aromatic rings. The second-order valence-corrected chi connectivity index (χ2v) is 6.95. The van der Waals surface area contributed by atoms with Crippen LogP contribution in [0, 0.1) is 6.92 Å². The summed E-state index contributed by atoms with van der Waals surface area (Å²) < 4.78 is 13.7. The number of quaternary nitrogens is 1. The highest BCUT2D eigenvalue weighted by Gasteiger charge is 2.37. The molecule has 2 rings (SSSR count). The maximum absolute atomic E-state index is 11.9. The van der Waals surface area contributed by atoms with E-state index in [0.29, 0.717) is 18.6 Å². The number of nitrogens with one attached hydrogen (secondary N) is 1. The zero-order chi connectivity index (χ0) is 17.2. The van der Waals surface area contributed by atoms with Gasteiger partial charge >= 0.3 is 5.69 Å². The molecule has 1 aromatic heterocycles. The number of aromatic amines is 1. The van der Waals surface area contributed by atoms with Gasteiger partial charge < -0.3 is 19.1 Å². The number of aryl methyl sites for hydroxylation is 1. The lowest BCUT2D eigenvalue weighted by Crippen LogP contribution is -2.39. The Morgan fingerprint density at radius 2 is 2.13 bits per heavy atom. The largest absolute Gasteiger partial charge is 0.394 e. The van der Waals surface area contributed by atoms with Crippen LogP contribution in [-0.2, 0) is 9.47 Å². The molecule has 0 spiro atoms. The third-order valence-corrected chi connectivity index (χ3v) is 3.91. The predicted molar refractivity (Wildman–Crippen MR) is 84.3 cm³/mol. The quantitative estimate of drug-likeness (QED) is 0.668. The summed E-state index contributed by atoms with van der Waals surface area (Å²) in [5, 5.41) is 9.47. The fourth-order valence-corrected chi connectivity index (χ4v) is 2.49. The number of hydrogen-bond donors (Lipinski definition) is 2. The van der Waals surface area contributed by atoms with E-state index in [1.807, 2.05) is 0 Å². The topological polar surface area (TPSA) is 93.6 Å². The van der Waals surface area contributed by atoms with Crippen molar-refractivity contribution in [2.45, 2.75) is 31.8 Å². The first-order valence-corrected chi connectivity index (χ1v) is 7.71. The van der Waals surface area contributed by atoms with Gasteiger partial charge in [-0.05, 0) is 6.92 Å². The number of likely N-dealkylation sites (N-methyl/N-ethyl adjacent to an activating group) is 1. The number of nitrogens with zero attached hydrogens (tertiary/aromatic N) is 2. The molecular formula is C15H26N3O5+. The Labute approximate surface area is 134 Å². The lowest BCUT2D eigenvalue weighted by molar-refractivity contribution is -0.870. The van der Waals surface area contributed by atoms with Gasteiger partial charge in [0.2, 0.25) is 0 Å². The van der Waals surface area contributed by atoms with Crippen LogP contribution in [0.5, 0.6) is 0 Å². The Kier molecular flexibility index (Phi) is 5.41. The van der Waals surface area contributed by atoms with E-state index in [2.05, 4.69) is 26.1 Å². The highest BCUT2D eigenvalue weighted by Crippen LogP contribution is 2.29. The van der Waals surface area contributed by atoms with E-state index >= 15 is 0 Å². The van der Waals surface area contributed by atoms with Crippen molar-refractivity contribution in [2.75, 3.05) is 40.9 Å². The third-order valence-electron chi connectivity index (χ3n) is 3.91. The summed E-state index contributed by atoms with van der Waals surface area (Å²) in [5.41, 5.74) is -0.490. The molecule has 0 aliphatic carbocycles. The van der Waals surface area contributed by atoms with Crippen molar-refractivity contribution in [3.63, 3.8) is 0 Å². The van der Waals surface area contributed by atoms with E-state index in [1.54, 1.807) is 6.92 Å². The van der Waals surface area contributed by atoms with Gasteiger partial charge in [0.15, 0.2) is 0 Å². The van der Waals surface area contributed by atoms with Crippen LogP contribution in [0.25, 0.3) is 0 Å². The van der Waals surface area contributed by atoms with Gasteiger partial charge in [0.05, 0.1) is 40.5 Å². The number of H-pyrrole nitrogens is 1. The normalized spacial score (nSPS) is 25.0. The van der Waals surface area contributed by atoms with Gasteiger partial charge in [0.25, 0.3) is 5.56 Å². The molecule has 130 valence electrons. The molecule has 1 aliphatic heterocycles. The zero-order valence-electron chi connectivity index (χ0n) is 14.1. The Morgan fingerprint density at radius 3 is 2.74 bits per heavy atom. The molecule has 1 saturated heterocycles. The smallest absolute Gasteiger partial charge is 0.330 e. The molecule has 0 amide bonds. The summed E-state index contributed by atoms with van der Waals surface area (Å²) in [6.45, 7) is 2.82. The number of aliphatic hydroxyl groups excluding tert-OH is 1. The van der Waals surface area contributed by atoms with Crippen molar-refractivity contribution in [3.8, 4) is 0 Å². The van der Waals surface area contributed by atoms with Crippen LogP contribution in [-0.4, -0.2) is 72.3 Å². The van der Waals surface area contributed by atoms with E-state index in [4.69, 9.17) is 9.47 Å². The zero-order valence-corrected chi connectivity index (χ0v) is 14.1. The van der Waals surface area contributed by atoms with Crippen molar-refractivity contribution >= 4 is 0 Å². The summed E-state index contributed by atoms with van der Waals surface area (Å²) in [5.74, 6) is 0. The summed E-state index contributed by atoms with van der Waals surface area (Å²) in [7, 11) is 6.22. The van der Waals surface area contributed by atoms with Crippen LogP contribution in [0.3, 0.4) is 0 Å². The minimum absolute atomic E-state index is 0.178. The molecular weight excluding hydrogens is 302 g/mol. The minimum Gasteiger partial charge on any atom is -0.394 e. The van der Waals surface area contributed by atoms with Gasteiger partial charge in [-0.3, -0.25) is 14.3 Å². The lowest BCUT2D eigenvalue weighted by atomic mass is 10.2. The number of aromatic nitrogens is 2. The SMILES string of the molecule is Cc1cn([C@H]2C[C@H](OCC[N+](C)(C)C)[C@@H](CO)O2)c(=O)[nH]c1=O. The van der Waals surface area contributed by atoms with E-state index in [1.165, 1.54) is 10.8 Å². The van der Waals surface area contributed by atoms with E-state index < -0.39 is 23.6 Å². The second kappa shape index (κ2) is 6.96. The second-order valence-electron chi connectivity index (χ2n) is 6.95. The molecule has 2 N–H and O–H groups in total. The molecule has 23 heavy (non-hydrogen) atoms. The molecule has 0 bridgehead atoms. The maximum atomic E-state index is 11.9. The highest BCUT2D eigenvalue weighted by atomic mass is 16.6. The fraction of sp³-hybridized carbons (Fsp3) is 0.733. The summed E-state index contributed by atoms with van der Waals surface area (Å²) in [6.07, 6.45) is 0.620. The number of rotatable bonds is 6. The third kappa shape index (κ3) is 4.51. The number of aliphatic hydroxyl groups is 1. The van der Waals surface area contributed by atoms with Crippen LogP contribution in [0.1, 0.15) is 18.2 Å². The van der Waals surface area contributed by atoms with E-state index in [9.17, 15) is 14.7 Å². The predicted octanol–water partition coefficient (Wildman–Crippen LogP) is -0.784. The van der Waals surface area contributed by atoms with Crippen molar-refractivity contribution in [2.24, 2.45) is 0 Å². The molecule has 3 atom stereocenters. The number of hydrogen-bond acceptors (Lipinski definition) is 5. The molecule has 0 unspecified atom stereocenters. The highest BCUT2D eigenvalue weighted by molar-refractivity contribution is 5.02. The Bertz CT molecular complexity index is 646. The first kappa shape index (κ1) is 17.9. The molecule has 0 aromatic carbocycles. The molecule has 8 nitrogen and oxygen atoms in total. The molecule has 2 heterocycles. The fourth-order valence-electron chi connectivity index (χ4n) is 2.49. The molecule has 8 heteroatoms. The summed E-state index contributed by atoms with van der Waals surface area (Å²) in [4.78, 5) is 25.7. The van der Waals surface area contributed by atoms with Crippen LogP contribution in [0.4, 0.5) is 0 Å². The molecule has 0 radical (unpaired) electrons. The van der Waals surface area contributed by atoms with Crippen molar-refractivity contribution in [1.29, 1.82) is 0 Å².